The molecule has 0 nitrogen and oxygen atoms in total. The fourth-order valence-electron chi connectivity index (χ4n) is 0. The molecule has 0 aromatic rings. The Balaban J connectivity index is 3.45. The van der Waals surface area contributed by atoms with Crippen LogP contribution < -0.4 is 0 Å². The van der Waals surface area contributed by atoms with E-state index in [1.54, 1.807) is 0 Å². The summed E-state index contributed by atoms with van der Waals surface area (Å²) in [6.45, 7) is 6.46. The zero-order valence-corrected chi connectivity index (χ0v) is 6.51. The van der Waals surface area contributed by atoms with Gasteiger partial charge >= 0.3 is 51.9 Å². The van der Waals surface area contributed by atoms with Crippen LogP contribution in [-0.4, -0.2) is 0 Å². The zero-order valence-electron chi connectivity index (χ0n) is 4.21. The summed E-state index contributed by atoms with van der Waals surface area (Å²) in [5, 5.41) is 0. The van der Waals surface area contributed by atoms with Crippen LogP contribution in [0.2, 0.25) is 3.63 Å². The van der Waals surface area contributed by atoms with E-state index < -0.39 is 0 Å². The third-order valence-corrected chi connectivity index (χ3v) is 3.28. The fraction of sp³-hybridized carbons (Fsp3) is 1.00. The van der Waals surface area contributed by atoms with Crippen LogP contribution in [-0.2, 0) is 17.9 Å². The van der Waals surface area contributed by atoms with Crippen LogP contribution in [0.4, 0.5) is 0 Å². The molecule has 0 aromatic heterocycles. The molecule has 0 unspecified atom stereocenters. The Morgan fingerprint density at radius 3 is 1.50 bits per heavy atom. The van der Waals surface area contributed by atoms with Gasteiger partial charge < -0.3 is 0 Å². The van der Waals surface area contributed by atoms with Crippen LogP contribution in [0.25, 0.3) is 0 Å². The number of hydrogen-bond acceptors (Lipinski definition) is 1. The molecular formula is C4H9AgS. The maximum absolute atomic E-state index is 4.82. The Hall–Kier alpha value is 0.960. The van der Waals surface area contributed by atoms with Crippen molar-refractivity contribution in [2.45, 2.75) is 24.4 Å². The summed E-state index contributed by atoms with van der Waals surface area (Å²) in [5.41, 5.74) is 0. The molecule has 0 aliphatic rings. The van der Waals surface area contributed by atoms with E-state index in [1.807, 2.05) is 0 Å². The van der Waals surface area contributed by atoms with Gasteiger partial charge in [-0.25, -0.2) is 0 Å². The van der Waals surface area contributed by atoms with Gasteiger partial charge in [0.25, 0.3) is 0 Å². The van der Waals surface area contributed by atoms with Crippen molar-refractivity contribution in [2.75, 3.05) is 0 Å². The summed E-state index contributed by atoms with van der Waals surface area (Å²) in [6, 6.07) is 0. The first kappa shape index (κ1) is 6.96. The second kappa shape index (κ2) is 2.31. The van der Waals surface area contributed by atoms with Crippen LogP contribution in [0.3, 0.4) is 0 Å². The molecule has 0 heterocycles. The first-order valence-electron chi connectivity index (χ1n) is 1.77. The maximum atomic E-state index is 4.82. The van der Waals surface area contributed by atoms with Crippen LogP contribution in [0.15, 0.2) is 0 Å². The molecule has 42 valence electrons. The summed E-state index contributed by atoms with van der Waals surface area (Å²) < 4.78 is 0.386. The summed E-state index contributed by atoms with van der Waals surface area (Å²) in [5.74, 6) is 0. The van der Waals surface area contributed by atoms with Gasteiger partial charge in [0, 0.05) is 0 Å². The van der Waals surface area contributed by atoms with Crippen LogP contribution in [0, 0.1) is 0 Å². The summed E-state index contributed by atoms with van der Waals surface area (Å²) in [7, 11) is 4.82. The minimum atomic E-state index is 0.386. The van der Waals surface area contributed by atoms with E-state index in [0.29, 0.717) is 21.5 Å². The molecule has 6 heavy (non-hydrogen) atoms. The molecule has 0 aromatic carbocycles. The van der Waals surface area contributed by atoms with Gasteiger partial charge in [0.1, 0.15) is 0 Å². The van der Waals surface area contributed by atoms with E-state index in [9.17, 15) is 0 Å². The molecule has 0 rings (SSSR count). The predicted molar refractivity (Wildman–Crippen MR) is 27.3 cm³/mol. The average Bonchev–Trinajstić information content (AvgIpc) is 1.35. The van der Waals surface area contributed by atoms with E-state index in [2.05, 4.69) is 20.8 Å². The van der Waals surface area contributed by atoms with Crippen molar-refractivity contribution in [3.8, 4) is 0 Å². The van der Waals surface area contributed by atoms with Crippen molar-refractivity contribution in [1.82, 2.24) is 0 Å². The zero-order chi connectivity index (χ0) is 5.21. The molecule has 0 radical (unpaired) electrons. The van der Waals surface area contributed by atoms with E-state index >= 15 is 0 Å². The van der Waals surface area contributed by atoms with Crippen LogP contribution in [0.5, 0.6) is 0 Å². The van der Waals surface area contributed by atoms with Gasteiger partial charge in [-0.2, -0.15) is 0 Å². The average molecular weight is 197 g/mol. The molecule has 0 spiro atoms. The van der Waals surface area contributed by atoms with Gasteiger partial charge in [-0.15, -0.1) is 0 Å². The molecule has 0 aliphatic carbocycles. The second-order valence-corrected chi connectivity index (χ2v) is 5.27. The van der Waals surface area contributed by atoms with E-state index in [1.165, 1.54) is 0 Å². The van der Waals surface area contributed by atoms with Crippen molar-refractivity contribution in [3.05, 3.63) is 0 Å². The Kier molecular flexibility index (Phi) is 2.68. The van der Waals surface area contributed by atoms with Gasteiger partial charge in [-0.1, -0.05) is 0 Å². The molecule has 0 fully saturated rings. The molecular weight excluding hydrogens is 188 g/mol. The first-order valence-corrected chi connectivity index (χ1v) is 4.58. The molecule has 2 heteroatoms. The quantitative estimate of drug-likeness (QED) is 0.537. The number of rotatable bonds is 0. The van der Waals surface area contributed by atoms with E-state index in [4.69, 9.17) is 9.58 Å². The van der Waals surface area contributed by atoms with Gasteiger partial charge in [0.2, 0.25) is 0 Å². The Bertz CT molecular complexity index is 53.1. The van der Waals surface area contributed by atoms with Crippen molar-refractivity contribution in [1.29, 1.82) is 0 Å². The fourth-order valence-corrected chi connectivity index (χ4v) is 0. The third kappa shape index (κ3) is 4.96. The summed E-state index contributed by atoms with van der Waals surface area (Å²) >= 11 is 0.634. The standard InChI is InChI=1S/C4H9.Ag.S/c1-4(2)3;;/h1-3H3;;. The Morgan fingerprint density at radius 1 is 1.33 bits per heavy atom. The Morgan fingerprint density at radius 2 is 1.50 bits per heavy atom. The SMILES string of the molecule is C[C](C)(C)[Ag]=[S]. The van der Waals surface area contributed by atoms with Crippen molar-refractivity contribution < 1.29 is 17.9 Å². The van der Waals surface area contributed by atoms with Crippen molar-refractivity contribution in [3.63, 3.8) is 0 Å². The van der Waals surface area contributed by atoms with Gasteiger partial charge in [0.05, 0.1) is 0 Å². The van der Waals surface area contributed by atoms with Gasteiger partial charge in [-0.05, 0) is 0 Å². The topological polar surface area (TPSA) is 0 Å². The van der Waals surface area contributed by atoms with Crippen molar-refractivity contribution >= 4 is 9.58 Å². The van der Waals surface area contributed by atoms with E-state index in [0.717, 1.165) is 0 Å². The summed E-state index contributed by atoms with van der Waals surface area (Å²) in [4.78, 5) is 0. The third-order valence-electron chi connectivity index (χ3n) is 0.185. The molecule has 0 saturated heterocycles. The molecule has 0 saturated carbocycles. The molecule has 0 N–H and O–H groups in total. The monoisotopic (exact) mass is 196 g/mol. The predicted octanol–water partition coefficient (Wildman–Crippen LogP) is 2.40. The Labute approximate surface area is 52.0 Å². The van der Waals surface area contributed by atoms with Gasteiger partial charge in [0.15, 0.2) is 0 Å². The van der Waals surface area contributed by atoms with Crippen molar-refractivity contribution in [2.24, 2.45) is 0 Å². The minimum absolute atomic E-state index is 0.386. The molecule has 0 amide bonds. The number of hydrogen-bond donors (Lipinski definition) is 0. The van der Waals surface area contributed by atoms with Crippen LogP contribution >= 0.6 is 9.58 Å². The van der Waals surface area contributed by atoms with Crippen LogP contribution in [0.1, 0.15) is 20.8 Å². The summed E-state index contributed by atoms with van der Waals surface area (Å²) in [6.07, 6.45) is 0. The molecule has 0 atom stereocenters. The second-order valence-electron chi connectivity index (χ2n) is 2.01. The first-order chi connectivity index (χ1) is 2.56. The van der Waals surface area contributed by atoms with Gasteiger partial charge in [-0.3, -0.25) is 0 Å². The van der Waals surface area contributed by atoms with E-state index in [-0.39, 0.29) is 0 Å². The molecule has 0 bridgehead atoms. The molecule has 0 aliphatic heterocycles. The normalized spacial score (nSPS) is 12.5.